The summed E-state index contributed by atoms with van der Waals surface area (Å²) in [5.74, 6) is 0. The fourth-order valence-corrected chi connectivity index (χ4v) is 2.25. The van der Waals surface area contributed by atoms with Gasteiger partial charge < -0.3 is 0 Å². The fourth-order valence-electron chi connectivity index (χ4n) is 1.42. The van der Waals surface area contributed by atoms with Crippen LogP contribution >= 0.6 is 15.9 Å². The molecule has 1 aliphatic rings. The van der Waals surface area contributed by atoms with E-state index in [1.54, 1.807) is 0 Å². The molecule has 0 spiro atoms. The van der Waals surface area contributed by atoms with Crippen molar-refractivity contribution in [3.05, 3.63) is 0 Å². The van der Waals surface area contributed by atoms with Crippen LogP contribution in [0.4, 0.5) is 17.6 Å². The maximum atomic E-state index is 13.2. The van der Waals surface area contributed by atoms with Crippen LogP contribution in [0.3, 0.4) is 0 Å². The molecule has 0 N–H and O–H groups in total. The van der Waals surface area contributed by atoms with E-state index in [2.05, 4.69) is 15.9 Å². The molecular weight excluding hydrogens is 240 g/mol. The highest BCUT2D eigenvalue weighted by Crippen LogP contribution is 2.46. The zero-order valence-corrected chi connectivity index (χ0v) is 7.88. The maximum Gasteiger partial charge on any atom is 0.422 e. The Morgan fingerprint density at radius 3 is 2.25 bits per heavy atom. The molecule has 0 heterocycles. The molecule has 0 saturated heterocycles. The maximum absolute atomic E-state index is 13.2. The van der Waals surface area contributed by atoms with Crippen molar-refractivity contribution >= 4 is 15.9 Å². The quantitative estimate of drug-likeness (QED) is 0.454. The van der Waals surface area contributed by atoms with E-state index in [-0.39, 0.29) is 4.83 Å². The molecule has 1 fully saturated rings. The Balaban J connectivity index is 2.70. The largest absolute Gasteiger partial charge is 0.422 e. The minimum absolute atomic E-state index is 0.298. The second-order valence-electron chi connectivity index (χ2n) is 3.16. The van der Waals surface area contributed by atoms with Crippen LogP contribution in [-0.4, -0.2) is 16.7 Å². The molecule has 5 heteroatoms. The molecule has 0 amide bonds. The zero-order chi connectivity index (χ0) is 9.41. The summed E-state index contributed by atoms with van der Waals surface area (Å²) in [6.07, 6.45) is -4.62. The van der Waals surface area contributed by atoms with Crippen molar-refractivity contribution < 1.29 is 17.6 Å². The van der Waals surface area contributed by atoms with Crippen LogP contribution in [0.5, 0.6) is 0 Å². The van der Waals surface area contributed by atoms with Crippen molar-refractivity contribution in [1.82, 2.24) is 0 Å². The fraction of sp³-hybridized carbons (Fsp3) is 1.00. The number of hydrogen-bond donors (Lipinski definition) is 0. The first kappa shape index (κ1) is 10.3. The van der Waals surface area contributed by atoms with E-state index >= 15 is 0 Å². The van der Waals surface area contributed by atoms with E-state index in [0.717, 1.165) is 0 Å². The lowest BCUT2D eigenvalue weighted by molar-refractivity contribution is -0.238. The monoisotopic (exact) mass is 248 g/mol. The predicted molar refractivity (Wildman–Crippen MR) is 41.1 cm³/mol. The van der Waals surface area contributed by atoms with Crippen molar-refractivity contribution in [3.63, 3.8) is 0 Å². The van der Waals surface area contributed by atoms with Crippen LogP contribution in [-0.2, 0) is 0 Å². The Hall–Kier alpha value is 0.200. The highest BCUT2D eigenvalue weighted by molar-refractivity contribution is 9.09. The van der Waals surface area contributed by atoms with Crippen LogP contribution in [0.15, 0.2) is 0 Å². The van der Waals surface area contributed by atoms with Gasteiger partial charge in [-0.2, -0.15) is 13.2 Å². The molecule has 2 atom stereocenters. The van der Waals surface area contributed by atoms with Crippen molar-refractivity contribution in [2.45, 2.75) is 42.4 Å². The summed E-state index contributed by atoms with van der Waals surface area (Å²) < 4.78 is 49.5. The highest BCUT2D eigenvalue weighted by atomic mass is 79.9. The average Bonchev–Trinajstić information content (AvgIpc) is 1.83. The van der Waals surface area contributed by atoms with Gasteiger partial charge in [-0.25, -0.2) is 4.39 Å². The van der Waals surface area contributed by atoms with Crippen molar-refractivity contribution in [1.29, 1.82) is 0 Å². The molecule has 0 aromatic rings. The van der Waals surface area contributed by atoms with Crippen LogP contribution < -0.4 is 0 Å². The lowest BCUT2D eigenvalue weighted by atomic mass is 9.86. The van der Waals surface area contributed by atoms with E-state index in [9.17, 15) is 17.6 Å². The van der Waals surface area contributed by atoms with E-state index < -0.39 is 24.7 Å². The number of alkyl halides is 5. The lowest BCUT2D eigenvalue weighted by Gasteiger charge is -2.33. The Bertz CT molecular complexity index is 167. The second-order valence-corrected chi connectivity index (χ2v) is 4.45. The Morgan fingerprint density at radius 2 is 1.92 bits per heavy atom. The topological polar surface area (TPSA) is 0 Å². The van der Waals surface area contributed by atoms with Gasteiger partial charge in [0.05, 0.1) is 0 Å². The summed E-state index contributed by atoms with van der Waals surface area (Å²) in [7, 11) is 0. The summed E-state index contributed by atoms with van der Waals surface area (Å²) >= 11 is 3.02. The predicted octanol–water partition coefficient (Wildman–Crippen LogP) is 3.59. The van der Waals surface area contributed by atoms with Gasteiger partial charge >= 0.3 is 6.18 Å². The average molecular weight is 249 g/mol. The van der Waals surface area contributed by atoms with Crippen molar-refractivity contribution in [2.75, 3.05) is 0 Å². The summed E-state index contributed by atoms with van der Waals surface area (Å²) in [5, 5.41) is 0. The normalized spacial score (nSPS) is 38.2. The molecule has 0 aromatic carbocycles. The third-order valence-electron chi connectivity index (χ3n) is 2.14. The first-order chi connectivity index (χ1) is 5.35. The van der Waals surface area contributed by atoms with Gasteiger partial charge in [-0.05, 0) is 19.3 Å². The van der Waals surface area contributed by atoms with E-state index in [0.29, 0.717) is 12.8 Å². The molecule has 72 valence electrons. The van der Waals surface area contributed by atoms with Gasteiger partial charge in [0.15, 0.2) is 0 Å². The number of rotatable bonds is 0. The molecule has 1 rings (SSSR count). The Labute approximate surface area is 76.5 Å². The van der Waals surface area contributed by atoms with E-state index in [4.69, 9.17) is 0 Å². The van der Waals surface area contributed by atoms with Gasteiger partial charge in [0.2, 0.25) is 5.67 Å². The van der Waals surface area contributed by atoms with Crippen LogP contribution in [0, 0.1) is 0 Å². The minimum atomic E-state index is -4.71. The second kappa shape index (κ2) is 3.16. The molecule has 0 nitrogen and oxygen atoms in total. The summed E-state index contributed by atoms with van der Waals surface area (Å²) in [6, 6.07) is 0. The zero-order valence-electron chi connectivity index (χ0n) is 6.30. The molecule has 2 unspecified atom stereocenters. The molecule has 0 aliphatic heterocycles. The first-order valence-electron chi connectivity index (χ1n) is 3.75. The summed E-state index contributed by atoms with van der Waals surface area (Å²) in [6.45, 7) is 0. The molecule has 1 saturated carbocycles. The van der Waals surface area contributed by atoms with E-state index in [1.807, 2.05) is 0 Å². The Kier molecular flexibility index (Phi) is 2.71. The number of hydrogen-bond acceptors (Lipinski definition) is 0. The van der Waals surface area contributed by atoms with Gasteiger partial charge in [-0.15, -0.1) is 0 Å². The van der Waals surface area contributed by atoms with Gasteiger partial charge in [-0.1, -0.05) is 15.9 Å². The molecule has 0 radical (unpaired) electrons. The molecule has 1 aliphatic carbocycles. The first-order valence-corrected chi connectivity index (χ1v) is 4.66. The SMILES string of the molecule is FC(F)(F)C1(F)CCCC(Br)C1. The highest BCUT2D eigenvalue weighted by Gasteiger charge is 2.57. The molecule has 12 heavy (non-hydrogen) atoms. The standard InChI is InChI=1S/C7H9BrF4/c8-5-2-1-3-6(9,4-5)7(10,11)12/h5H,1-4H2. The molecule has 0 bridgehead atoms. The molecule has 0 aromatic heterocycles. The third-order valence-corrected chi connectivity index (χ3v) is 2.93. The van der Waals surface area contributed by atoms with E-state index in [1.165, 1.54) is 0 Å². The van der Waals surface area contributed by atoms with Crippen LogP contribution in [0.2, 0.25) is 0 Å². The van der Waals surface area contributed by atoms with Gasteiger partial charge in [0.25, 0.3) is 0 Å². The summed E-state index contributed by atoms with van der Waals surface area (Å²) in [4.78, 5) is -0.335. The van der Waals surface area contributed by atoms with Gasteiger partial charge in [0, 0.05) is 11.2 Å². The van der Waals surface area contributed by atoms with Crippen LogP contribution in [0.25, 0.3) is 0 Å². The van der Waals surface area contributed by atoms with Gasteiger partial charge in [-0.3, -0.25) is 0 Å². The molecular formula is C7H9BrF4. The number of halogens is 5. The van der Waals surface area contributed by atoms with Gasteiger partial charge in [0.1, 0.15) is 0 Å². The van der Waals surface area contributed by atoms with Crippen LogP contribution in [0.1, 0.15) is 25.7 Å². The Morgan fingerprint density at radius 1 is 1.33 bits per heavy atom. The van der Waals surface area contributed by atoms with Crippen molar-refractivity contribution in [2.24, 2.45) is 0 Å². The van der Waals surface area contributed by atoms with Crippen molar-refractivity contribution in [3.8, 4) is 0 Å². The lowest BCUT2D eigenvalue weighted by Crippen LogP contribution is -2.45. The summed E-state index contributed by atoms with van der Waals surface area (Å²) in [5.41, 5.74) is -2.96. The smallest absolute Gasteiger partial charge is 0.234 e. The minimum Gasteiger partial charge on any atom is -0.234 e. The third kappa shape index (κ3) is 1.92.